The van der Waals surface area contributed by atoms with Crippen molar-refractivity contribution in [1.29, 1.82) is 0 Å². The molecular weight excluding hydrogens is 244 g/mol. The van der Waals surface area contributed by atoms with Crippen LogP contribution in [0.2, 0.25) is 0 Å². The van der Waals surface area contributed by atoms with Gasteiger partial charge >= 0.3 is 0 Å². The predicted octanol–water partition coefficient (Wildman–Crippen LogP) is 4.37. The van der Waals surface area contributed by atoms with Crippen LogP contribution < -0.4 is 5.32 Å². The van der Waals surface area contributed by atoms with Crippen LogP contribution >= 0.6 is 0 Å². The number of likely N-dealkylation sites (N-methyl/N-ethyl adjacent to an activating group) is 1. The molecule has 1 atom stereocenters. The van der Waals surface area contributed by atoms with Gasteiger partial charge in [0, 0.05) is 11.6 Å². The van der Waals surface area contributed by atoms with Crippen LogP contribution in [0.3, 0.4) is 0 Å². The van der Waals surface area contributed by atoms with E-state index in [0.29, 0.717) is 11.6 Å². The Labute approximate surface area is 127 Å². The fraction of sp³-hybridized carbons (Fsp3) is 0.889. The first kappa shape index (κ1) is 17.7. The molecule has 118 valence electrons. The SMILES string of the molecule is C=C(C)CCC(NCCC)C1(N(CC)CC)CCCC1. The van der Waals surface area contributed by atoms with Crippen LogP contribution in [0.25, 0.3) is 0 Å². The maximum Gasteiger partial charge on any atom is 0.0362 e. The molecule has 0 aromatic heterocycles. The zero-order valence-electron chi connectivity index (χ0n) is 14.3. The standard InChI is InChI=1S/C18H36N2/c1-6-15-19-17(12-11-16(4)5)18(13-9-10-14-18)20(7-2)8-3/h17,19H,4,6-15H2,1-3,5H3. The van der Waals surface area contributed by atoms with Crippen LogP contribution in [-0.2, 0) is 0 Å². The highest BCUT2D eigenvalue weighted by Crippen LogP contribution is 2.39. The van der Waals surface area contributed by atoms with Crippen molar-refractivity contribution in [2.24, 2.45) is 0 Å². The van der Waals surface area contributed by atoms with Gasteiger partial charge in [0.05, 0.1) is 0 Å². The van der Waals surface area contributed by atoms with Gasteiger partial charge in [-0.2, -0.15) is 0 Å². The lowest BCUT2D eigenvalue weighted by molar-refractivity contribution is 0.0597. The first-order valence-corrected chi connectivity index (χ1v) is 8.73. The van der Waals surface area contributed by atoms with Crippen molar-refractivity contribution in [1.82, 2.24) is 10.2 Å². The zero-order valence-corrected chi connectivity index (χ0v) is 14.3. The molecule has 1 aliphatic rings. The van der Waals surface area contributed by atoms with Crippen molar-refractivity contribution in [2.75, 3.05) is 19.6 Å². The summed E-state index contributed by atoms with van der Waals surface area (Å²) in [4.78, 5) is 2.73. The highest BCUT2D eigenvalue weighted by atomic mass is 15.2. The molecule has 0 heterocycles. The van der Waals surface area contributed by atoms with Crippen LogP contribution in [0.1, 0.15) is 72.6 Å². The molecule has 0 aliphatic heterocycles. The third-order valence-corrected chi connectivity index (χ3v) is 5.01. The second-order valence-electron chi connectivity index (χ2n) is 6.49. The Kier molecular flexibility index (Phi) is 7.83. The average Bonchev–Trinajstić information content (AvgIpc) is 2.90. The number of nitrogens with zero attached hydrogens (tertiary/aromatic N) is 1. The Morgan fingerprint density at radius 1 is 1.20 bits per heavy atom. The second kappa shape index (κ2) is 8.84. The fourth-order valence-electron chi connectivity index (χ4n) is 4.00. The number of hydrogen-bond acceptors (Lipinski definition) is 2. The molecule has 1 rings (SSSR count). The topological polar surface area (TPSA) is 15.3 Å². The Bertz CT molecular complexity index is 275. The van der Waals surface area contributed by atoms with Gasteiger partial charge in [-0.25, -0.2) is 0 Å². The van der Waals surface area contributed by atoms with Gasteiger partial charge < -0.3 is 5.32 Å². The van der Waals surface area contributed by atoms with Crippen molar-refractivity contribution in [2.45, 2.75) is 84.2 Å². The van der Waals surface area contributed by atoms with Crippen molar-refractivity contribution < 1.29 is 0 Å². The number of rotatable bonds is 10. The van der Waals surface area contributed by atoms with E-state index < -0.39 is 0 Å². The first-order valence-electron chi connectivity index (χ1n) is 8.73. The van der Waals surface area contributed by atoms with Crippen molar-refractivity contribution in [3.8, 4) is 0 Å². The van der Waals surface area contributed by atoms with Crippen molar-refractivity contribution >= 4 is 0 Å². The maximum atomic E-state index is 4.10. The first-order chi connectivity index (χ1) is 9.60. The lowest BCUT2D eigenvalue weighted by Gasteiger charge is -2.47. The number of allylic oxidation sites excluding steroid dienone is 1. The van der Waals surface area contributed by atoms with Gasteiger partial charge in [-0.1, -0.05) is 39.2 Å². The number of nitrogens with one attached hydrogen (secondary N) is 1. The Morgan fingerprint density at radius 2 is 1.80 bits per heavy atom. The molecule has 0 aromatic carbocycles. The molecule has 0 saturated heterocycles. The van der Waals surface area contributed by atoms with E-state index in [4.69, 9.17) is 0 Å². The average molecular weight is 280 g/mol. The van der Waals surface area contributed by atoms with Gasteiger partial charge in [0.15, 0.2) is 0 Å². The molecule has 1 N–H and O–H groups in total. The van der Waals surface area contributed by atoms with Gasteiger partial charge in [0.2, 0.25) is 0 Å². The summed E-state index contributed by atoms with van der Waals surface area (Å²) in [7, 11) is 0. The highest BCUT2D eigenvalue weighted by molar-refractivity contribution is 5.04. The normalized spacial score (nSPS) is 19.4. The Balaban J connectivity index is 2.87. The number of hydrogen-bond donors (Lipinski definition) is 1. The van der Waals surface area contributed by atoms with Gasteiger partial charge in [0.1, 0.15) is 0 Å². The van der Waals surface area contributed by atoms with Crippen LogP contribution in [0.5, 0.6) is 0 Å². The van der Waals surface area contributed by atoms with Gasteiger partial charge in [-0.05, 0) is 58.7 Å². The van der Waals surface area contributed by atoms with Crippen LogP contribution in [0, 0.1) is 0 Å². The molecule has 2 nitrogen and oxygen atoms in total. The fourth-order valence-corrected chi connectivity index (χ4v) is 4.00. The second-order valence-corrected chi connectivity index (χ2v) is 6.49. The summed E-state index contributed by atoms with van der Waals surface area (Å²) in [5.74, 6) is 0. The monoisotopic (exact) mass is 280 g/mol. The van der Waals surface area contributed by atoms with E-state index in [1.807, 2.05) is 0 Å². The highest BCUT2D eigenvalue weighted by Gasteiger charge is 2.44. The van der Waals surface area contributed by atoms with E-state index in [1.165, 1.54) is 57.2 Å². The molecule has 1 unspecified atom stereocenters. The minimum absolute atomic E-state index is 0.397. The summed E-state index contributed by atoms with van der Waals surface area (Å²) in [6.07, 6.45) is 9.15. The van der Waals surface area contributed by atoms with Crippen LogP contribution in [0.15, 0.2) is 12.2 Å². The maximum absolute atomic E-state index is 4.10. The predicted molar refractivity (Wildman–Crippen MR) is 90.2 cm³/mol. The zero-order chi connectivity index (χ0) is 15.0. The van der Waals surface area contributed by atoms with E-state index >= 15 is 0 Å². The summed E-state index contributed by atoms with van der Waals surface area (Å²) in [5, 5.41) is 3.87. The smallest absolute Gasteiger partial charge is 0.0362 e. The minimum Gasteiger partial charge on any atom is -0.312 e. The third-order valence-electron chi connectivity index (χ3n) is 5.01. The van der Waals surface area contributed by atoms with E-state index in [-0.39, 0.29) is 0 Å². The molecule has 2 heteroatoms. The third kappa shape index (κ3) is 4.33. The van der Waals surface area contributed by atoms with Gasteiger partial charge in [-0.3, -0.25) is 4.90 Å². The van der Waals surface area contributed by atoms with E-state index in [9.17, 15) is 0 Å². The molecule has 1 aliphatic carbocycles. The van der Waals surface area contributed by atoms with Crippen molar-refractivity contribution in [3.63, 3.8) is 0 Å². The summed E-state index contributed by atoms with van der Waals surface area (Å²) >= 11 is 0. The molecule has 20 heavy (non-hydrogen) atoms. The van der Waals surface area contributed by atoms with E-state index in [1.54, 1.807) is 0 Å². The lowest BCUT2D eigenvalue weighted by Crippen LogP contribution is -2.60. The lowest BCUT2D eigenvalue weighted by atomic mass is 9.82. The molecule has 0 aromatic rings. The van der Waals surface area contributed by atoms with Gasteiger partial charge in [-0.15, -0.1) is 6.58 Å². The van der Waals surface area contributed by atoms with Crippen LogP contribution in [0.4, 0.5) is 0 Å². The quantitative estimate of drug-likeness (QED) is 0.598. The molecule has 1 fully saturated rings. The summed E-state index contributed by atoms with van der Waals surface area (Å²) < 4.78 is 0. The molecule has 0 amide bonds. The Hall–Kier alpha value is -0.340. The molecule has 0 spiro atoms. The van der Waals surface area contributed by atoms with Crippen molar-refractivity contribution in [3.05, 3.63) is 12.2 Å². The van der Waals surface area contributed by atoms with Crippen LogP contribution in [-0.4, -0.2) is 36.1 Å². The molecule has 1 saturated carbocycles. The van der Waals surface area contributed by atoms with Gasteiger partial charge in [0.25, 0.3) is 0 Å². The molecule has 0 radical (unpaired) electrons. The summed E-state index contributed by atoms with van der Waals surface area (Å²) in [6, 6.07) is 0.626. The Morgan fingerprint density at radius 3 is 2.25 bits per heavy atom. The molecular formula is C18H36N2. The minimum atomic E-state index is 0.397. The summed E-state index contributed by atoms with van der Waals surface area (Å²) in [6.45, 7) is 16.7. The molecule has 0 bridgehead atoms. The largest absolute Gasteiger partial charge is 0.312 e. The van der Waals surface area contributed by atoms with E-state index in [0.717, 1.165) is 13.0 Å². The summed E-state index contributed by atoms with van der Waals surface area (Å²) in [5.41, 5.74) is 1.72. The van der Waals surface area contributed by atoms with E-state index in [2.05, 4.69) is 44.5 Å².